The van der Waals surface area contributed by atoms with E-state index in [0.717, 1.165) is 72.7 Å². The molecule has 0 bridgehead atoms. The first-order valence-corrected chi connectivity index (χ1v) is 17.3. The van der Waals surface area contributed by atoms with E-state index in [4.69, 9.17) is 14.5 Å². The Morgan fingerprint density at radius 3 is 2.31 bits per heavy atom. The molecule has 5 aromatic rings. The van der Waals surface area contributed by atoms with E-state index in [1.807, 2.05) is 12.1 Å². The fraction of sp³-hybridized carbons (Fsp3) is 0.375. The van der Waals surface area contributed by atoms with Gasteiger partial charge in [-0.15, -0.1) is 0 Å². The third-order valence-corrected chi connectivity index (χ3v) is 9.77. The zero-order valence-corrected chi connectivity index (χ0v) is 28.9. The van der Waals surface area contributed by atoms with E-state index in [9.17, 15) is 0 Å². The van der Waals surface area contributed by atoms with E-state index in [2.05, 4.69) is 127 Å². The van der Waals surface area contributed by atoms with Crippen LogP contribution in [0.2, 0.25) is 0 Å². The van der Waals surface area contributed by atoms with Crippen LogP contribution in [0.15, 0.2) is 102 Å². The molecule has 1 heterocycles. The molecule has 4 aromatic carbocycles. The van der Waals surface area contributed by atoms with Crippen LogP contribution in [0.3, 0.4) is 0 Å². The number of halogens is 1. The molecule has 0 aliphatic heterocycles. The minimum atomic E-state index is -0.481. The van der Waals surface area contributed by atoms with Gasteiger partial charge in [0.25, 0.3) is 0 Å². The molecule has 2 atom stereocenters. The van der Waals surface area contributed by atoms with Crippen molar-refractivity contribution in [2.75, 3.05) is 33.4 Å². The Bertz CT molecular complexity index is 1660. The number of fused-ring (bicyclic) bond motifs is 2. The summed E-state index contributed by atoms with van der Waals surface area (Å²) in [6, 6.07) is 34.8. The summed E-state index contributed by atoms with van der Waals surface area (Å²) in [5.74, 6) is 0.587. The predicted molar refractivity (Wildman–Crippen MR) is 193 cm³/mol. The van der Waals surface area contributed by atoms with Crippen LogP contribution in [-0.2, 0) is 11.2 Å². The Balaban J connectivity index is 1.65. The van der Waals surface area contributed by atoms with E-state index in [-0.39, 0.29) is 5.92 Å². The number of nitrogens with zero attached hydrogens (tertiary/aromatic N) is 2. The molecule has 0 saturated carbocycles. The van der Waals surface area contributed by atoms with Crippen LogP contribution < -0.4 is 4.74 Å². The van der Waals surface area contributed by atoms with Crippen LogP contribution in [0.5, 0.6) is 5.88 Å². The topological polar surface area (TPSA) is 34.6 Å². The number of unbranched alkanes of at least 4 members (excludes halogenated alkanes) is 1. The van der Waals surface area contributed by atoms with Crippen LogP contribution in [0, 0.1) is 0 Å². The quantitative estimate of drug-likeness (QED) is 0.0982. The Hall–Kier alpha value is -3.25. The lowest BCUT2D eigenvalue weighted by Crippen LogP contribution is -2.41. The monoisotopic (exact) mass is 666 g/mol. The summed E-state index contributed by atoms with van der Waals surface area (Å²) in [5, 5.41) is 3.68. The number of aromatic nitrogens is 1. The summed E-state index contributed by atoms with van der Waals surface area (Å²) < 4.78 is 14.2. The molecule has 2 unspecified atom stereocenters. The number of rotatable bonds is 16. The summed E-state index contributed by atoms with van der Waals surface area (Å²) in [5.41, 5.74) is 4.10. The molecule has 0 amide bonds. The van der Waals surface area contributed by atoms with Crippen molar-refractivity contribution in [2.45, 2.75) is 64.4 Å². The van der Waals surface area contributed by atoms with Crippen molar-refractivity contribution in [3.8, 4) is 5.88 Å². The standard InChI is InChI=1S/C40H47BrN2O2/c1-5-43(6-2)27-14-13-25-40(45-7-3,26-24-31-20-15-19-30-16-11-12-21-35(30)31)38(32-17-9-8-10-18-32)36-29-33-28-34(41)22-23-37(33)42-39(36)44-4/h8-12,15-23,28-29,38H,5-7,13-14,24-27H2,1-4H3. The van der Waals surface area contributed by atoms with Crippen molar-refractivity contribution in [1.82, 2.24) is 9.88 Å². The predicted octanol–water partition coefficient (Wildman–Crippen LogP) is 10.2. The minimum Gasteiger partial charge on any atom is -0.481 e. The van der Waals surface area contributed by atoms with Crippen LogP contribution >= 0.6 is 15.9 Å². The van der Waals surface area contributed by atoms with E-state index < -0.39 is 5.60 Å². The molecular weight excluding hydrogens is 620 g/mol. The summed E-state index contributed by atoms with van der Waals surface area (Å²) >= 11 is 3.69. The van der Waals surface area contributed by atoms with Gasteiger partial charge in [-0.3, -0.25) is 0 Å². The number of pyridine rings is 1. The highest BCUT2D eigenvalue weighted by molar-refractivity contribution is 9.10. The van der Waals surface area contributed by atoms with Gasteiger partial charge in [-0.05, 0) is 105 Å². The number of hydrogen-bond donors (Lipinski definition) is 0. The van der Waals surface area contributed by atoms with Crippen LogP contribution in [0.4, 0.5) is 0 Å². The molecule has 236 valence electrons. The first kappa shape index (κ1) is 33.1. The van der Waals surface area contributed by atoms with Gasteiger partial charge in [-0.1, -0.05) is 103 Å². The van der Waals surface area contributed by atoms with Gasteiger partial charge < -0.3 is 14.4 Å². The molecule has 4 nitrogen and oxygen atoms in total. The highest BCUT2D eigenvalue weighted by Gasteiger charge is 2.43. The lowest BCUT2D eigenvalue weighted by molar-refractivity contribution is -0.0656. The first-order valence-electron chi connectivity index (χ1n) is 16.5. The molecule has 0 fully saturated rings. The van der Waals surface area contributed by atoms with Gasteiger partial charge in [-0.2, -0.15) is 0 Å². The van der Waals surface area contributed by atoms with Crippen molar-refractivity contribution in [3.05, 3.63) is 118 Å². The summed E-state index contributed by atoms with van der Waals surface area (Å²) in [6.07, 6.45) is 4.93. The smallest absolute Gasteiger partial charge is 0.217 e. The van der Waals surface area contributed by atoms with Crippen molar-refractivity contribution in [1.29, 1.82) is 0 Å². The van der Waals surface area contributed by atoms with Crippen LogP contribution in [0.1, 0.15) is 69.1 Å². The van der Waals surface area contributed by atoms with E-state index in [1.165, 1.54) is 21.9 Å². The molecule has 0 aliphatic carbocycles. The Morgan fingerprint density at radius 1 is 0.800 bits per heavy atom. The zero-order chi connectivity index (χ0) is 31.6. The highest BCUT2D eigenvalue weighted by atomic mass is 79.9. The second kappa shape index (κ2) is 15.8. The van der Waals surface area contributed by atoms with Crippen molar-refractivity contribution < 1.29 is 9.47 Å². The molecule has 0 aliphatic rings. The van der Waals surface area contributed by atoms with Crippen molar-refractivity contribution >= 4 is 37.6 Å². The molecular formula is C40H47BrN2O2. The second-order valence-electron chi connectivity index (χ2n) is 11.9. The number of ether oxygens (including phenoxy) is 2. The average molecular weight is 668 g/mol. The molecule has 5 heteroatoms. The van der Waals surface area contributed by atoms with Crippen molar-refractivity contribution in [2.24, 2.45) is 0 Å². The molecule has 0 spiro atoms. The van der Waals surface area contributed by atoms with E-state index in [1.54, 1.807) is 7.11 Å². The van der Waals surface area contributed by atoms with Gasteiger partial charge in [0, 0.05) is 27.9 Å². The molecule has 0 saturated heterocycles. The Labute approximate surface area is 277 Å². The van der Waals surface area contributed by atoms with Gasteiger partial charge in [0.15, 0.2) is 0 Å². The fourth-order valence-electron chi connectivity index (χ4n) is 7.01. The van der Waals surface area contributed by atoms with Gasteiger partial charge >= 0.3 is 0 Å². The maximum Gasteiger partial charge on any atom is 0.217 e. The third kappa shape index (κ3) is 7.77. The zero-order valence-electron chi connectivity index (χ0n) is 27.3. The summed E-state index contributed by atoms with van der Waals surface area (Å²) in [7, 11) is 1.74. The first-order chi connectivity index (χ1) is 22.0. The van der Waals surface area contributed by atoms with E-state index in [0.29, 0.717) is 12.5 Å². The fourth-order valence-corrected chi connectivity index (χ4v) is 7.39. The average Bonchev–Trinajstić information content (AvgIpc) is 3.07. The van der Waals surface area contributed by atoms with Gasteiger partial charge in [0.2, 0.25) is 5.88 Å². The minimum absolute atomic E-state index is 0.0760. The number of aryl methyl sites for hydroxylation is 1. The van der Waals surface area contributed by atoms with E-state index >= 15 is 0 Å². The molecule has 45 heavy (non-hydrogen) atoms. The summed E-state index contributed by atoms with van der Waals surface area (Å²) in [4.78, 5) is 7.57. The van der Waals surface area contributed by atoms with Crippen LogP contribution in [-0.4, -0.2) is 48.8 Å². The molecule has 0 N–H and O–H groups in total. The number of benzene rings is 4. The number of hydrogen-bond acceptors (Lipinski definition) is 4. The lowest BCUT2D eigenvalue weighted by Gasteiger charge is -2.42. The largest absolute Gasteiger partial charge is 0.481 e. The molecule has 5 rings (SSSR count). The number of methoxy groups -OCH3 is 1. The molecule has 1 aromatic heterocycles. The van der Waals surface area contributed by atoms with Gasteiger partial charge in [-0.25, -0.2) is 4.98 Å². The van der Waals surface area contributed by atoms with Crippen molar-refractivity contribution in [3.63, 3.8) is 0 Å². The Kier molecular flexibility index (Phi) is 11.7. The maximum absolute atomic E-state index is 7.12. The highest BCUT2D eigenvalue weighted by Crippen LogP contribution is 2.47. The van der Waals surface area contributed by atoms with Gasteiger partial charge in [0.05, 0.1) is 18.2 Å². The van der Waals surface area contributed by atoms with Gasteiger partial charge in [0.1, 0.15) is 0 Å². The summed E-state index contributed by atoms with van der Waals surface area (Å²) in [6.45, 7) is 10.5. The Morgan fingerprint density at radius 2 is 1.56 bits per heavy atom. The lowest BCUT2D eigenvalue weighted by atomic mass is 9.71. The third-order valence-electron chi connectivity index (χ3n) is 9.28. The van der Waals surface area contributed by atoms with Crippen LogP contribution in [0.25, 0.3) is 21.7 Å². The maximum atomic E-state index is 7.12. The second-order valence-corrected chi connectivity index (χ2v) is 12.8. The molecule has 0 radical (unpaired) electrons. The SMILES string of the molecule is CCOC(CCCCN(CC)CC)(CCc1cccc2ccccc12)C(c1ccccc1)c1cc2cc(Br)ccc2nc1OC. The normalized spacial score (nSPS) is 13.7.